The van der Waals surface area contributed by atoms with Gasteiger partial charge in [0.1, 0.15) is 18.2 Å². The van der Waals surface area contributed by atoms with Crippen LogP contribution in [-0.4, -0.2) is 27.8 Å². The minimum absolute atomic E-state index is 0.0439. The number of carbonyl (C=O) groups is 1. The Morgan fingerprint density at radius 3 is 2.80 bits per heavy atom. The lowest BCUT2D eigenvalue weighted by Gasteiger charge is -2.27. The Morgan fingerprint density at radius 1 is 1.36 bits per heavy atom. The number of halogens is 1. The molecule has 0 radical (unpaired) electrons. The Bertz CT molecular complexity index is 772. The molecule has 1 aliphatic carbocycles. The lowest BCUT2D eigenvalue weighted by atomic mass is 9.80. The van der Waals surface area contributed by atoms with E-state index in [1.54, 1.807) is 23.7 Å². The van der Waals surface area contributed by atoms with Gasteiger partial charge >= 0.3 is 5.97 Å². The average molecular weight is 345 g/mol. The van der Waals surface area contributed by atoms with Gasteiger partial charge in [0.05, 0.1) is 7.11 Å². The van der Waals surface area contributed by atoms with E-state index < -0.39 is 0 Å². The number of aryl methyl sites for hydroxylation is 1. The van der Waals surface area contributed by atoms with Gasteiger partial charge in [0, 0.05) is 11.5 Å². The molecule has 1 aromatic carbocycles. The van der Waals surface area contributed by atoms with Crippen LogP contribution < -0.4 is 0 Å². The second-order valence-corrected chi connectivity index (χ2v) is 6.86. The van der Waals surface area contributed by atoms with Gasteiger partial charge in [-0.1, -0.05) is 26.2 Å². The number of nitrogens with zero attached hydrogens (tertiary/aromatic N) is 3. The van der Waals surface area contributed by atoms with Crippen molar-refractivity contribution in [2.45, 2.75) is 52.0 Å². The van der Waals surface area contributed by atoms with Crippen molar-refractivity contribution in [2.24, 2.45) is 5.92 Å². The number of ether oxygens (including phenoxy) is 1. The van der Waals surface area contributed by atoms with Gasteiger partial charge in [-0.15, -0.1) is 0 Å². The van der Waals surface area contributed by atoms with Crippen LogP contribution in [0.5, 0.6) is 0 Å². The summed E-state index contributed by atoms with van der Waals surface area (Å²) in [7, 11) is 1.37. The van der Waals surface area contributed by atoms with Gasteiger partial charge in [-0.2, -0.15) is 5.10 Å². The van der Waals surface area contributed by atoms with Crippen molar-refractivity contribution in [3.63, 3.8) is 0 Å². The third-order valence-electron chi connectivity index (χ3n) is 5.07. The van der Waals surface area contributed by atoms with Crippen molar-refractivity contribution < 1.29 is 13.9 Å². The first-order chi connectivity index (χ1) is 12.0. The maximum absolute atomic E-state index is 13.6. The molecule has 0 bridgehead atoms. The van der Waals surface area contributed by atoms with Crippen molar-refractivity contribution in [3.05, 3.63) is 35.4 Å². The summed E-state index contributed by atoms with van der Waals surface area (Å²) in [5.74, 6) is 1.53. The summed E-state index contributed by atoms with van der Waals surface area (Å²) in [6.45, 7) is 3.99. The molecular formula is C19H24FN3O2. The third-order valence-corrected chi connectivity index (χ3v) is 5.07. The summed E-state index contributed by atoms with van der Waals surface area (Å²) in [5.41, 5.74) is 1.31. The number of rotatable bonds is 4. The monoisotopic (exact) mass is 345 g/mol. The third kappa shape index (κ3) is 3.72. The van der Waals surface area contributed by atoms with Crippen LogP contribution in [0.3, 0.4) is 0 Å². The molecule has 0 spiro atoms. The molecule has 1 aliphatic rings. The molecule has 134 valence electrons. The summed E-state index contributed by atoms with van der Waals surface area (Å²) >= 11 is 0. The number of hydrogen-bond acceptors (Lipinski definition) is 4. The summed E-state index contributed by atoms with van der Waals surface area (Å²) < 4.78 is 20.0. The molecule has 6 heteroatoms. The number of benzene rings is 1. The lowest BCUT2D eigenvalue weighted by molar-refractivity contribution is -0.141. The molecule has 2 atom stereocenters. The minimum atomic E-state index is -0.351. The number of carbonyl (C=O) groups excluding carboxylic acids is 1. The summed E-state index contributed by atoms with van der Waals surface area (Å²) in [5, 5.41) is 4.53. The first kappa shape index (κ1) is 17.6. The second kappa shape index (κ2) is 7.33. The van der Waals surface area contributed by atoms with E-state index in [1.165, 1.54) is 19.6 Å². The number of hydrogen-bond donors (Lipinski definition) is 0. The fourth-order valence-corrected chi connectivity index (χ4v) is 3.54. The Labute approximate surface area is 147 Å². The van der Waals surface area contributed by atoms with Crippen molar-refractivity contribution in [1.82, 2.24) is 14.8 Å². The Morgan fingerprint density at radius 2 is 2.12 bits per heavy atom. The zero-order chi connectivity index (χ0) is 18.0. The molecule has 5 nitrogen and oxygen atoms in total. The molecule has 1 heterocycles. The Hall–Kier alpha value is -2.24. The zero-order valence-corrected chi connectivity index (χ0v) is 15.0. The highest BCUT2D eigenvalue weighted by atomic mass is 19.1. The van der Waals surface area contributed by atoms with E-state index >= 15 is 0 Å². The van der Waals surface area contributed by atoms with Crippen LogP contribution in [0.4, 0.5) is 4.39 Å². The van der Waals surface area contributed by atoms with Gasteiger partial charge < -0.3 is 4.74 Å². The molecule has 0 amide bonds. The van der Waals surface area contributed by atoms with E-state index in [9.17, 15) is 9.18 Å². The van der Waals surface area contributed by atoms with E-state index in [-0.39, 0.29) is 24.2 Å². The van der Waals surface area contributed by atoms with E-state index in [4.69, 9.17) is 9.72 Å². The molecule has 25 heavy (non-hydrogen) atoms. The first-order valence-electron chi connectivity index (χ1n) is 8.77. The van der Waals surface area contributed by atoms with E-state index in [0.29, 0.717) is 17.3 Å². The molecule has 0 N–H and O–H groups in total. The standard InChI is InChI=1S/C19H24FN3O2/c1-12-6-4-5-7-15(12)19-21-18(22-23(19)11-17(24)25-3)14-8-9-16(20)13(2)10-14/h8-10,12,15H,4-7,11H2,1-3H3. The fourth-order valence-electron chi connectivity index (χ4n) is 3.54. The highest BCUT2D eigenvalue weighted by Crippen LogP contribution is 2.37. The fraction of sp³-hybridized carbons (Fsp3) is 0.526. The van der Waals surface area contributed by atoms with E-state index in [1.807, 2.05) is 0 Å². The SMILES string of the molecule is COC(=O)Cn1nc(-c2ccc(F)c(C)c2)nc1C1CCCCC1C. The molecule has 2 unspecified atom stereocenters. The topological polar surface area (TPSA) is 57.0 Å². The van der Waals surface area contributed by atoms with Crippen LogP contribution in [0.15, 0.2) is 18.2 Å². The summed E-state index contributed by atoms with van der Waals surface area (Å²) in [6.07, 6.45) is 4.58. The smallest absolute Gasteiger partial charge is 0.327 e. The molecule has 0 saturated heterocycles. The molecule has 3 rings (SSSR count). The quantitative estimate of drug-likeness (QED) is 0.790. The van der Waals surface area contributed by atoms with Crippen molar-refractivity contribution in [3.8, 4) is 11.4 Å². The van der Waals surface area contributed by atoms with Gasteiger partial charge in [-0.3, -0.25) is 4.79 Å². The van der Waals surface area contributed by atoms with Crippen molar-refractivity contribution in [1.29, 1.82) is 0 Å². The van der Waals surface area contributed by atoms with Crippen molar-refractivity contribution in [2.75, 3.05) is 7.11 Å². The van der Waals surface area contributed by atoms with E-state index in [0.717, 1.165) is 30.7 Å². The average Bonchev–Trinajstić information content (AvgIpc) is 3.01. The van der Waals surface area contributed by atoms with Gasteiger partial charge in [0.25, 0.3) is 0 Å². The Balaban J connectivity index is 2.01. The van der Waals surface area contributed by atoms with Gasteiger partial charge in [-0.05, 0) is 43.0 Å². The summed E-state index contributed by atoms with van der Waals surface area (Å²) in [4.78, 5) is 16.5. The maximum atomic E-state index is 13.6. The number of esters is 1. The molecule has 1 aromatic heterocycles. The zero-order valence-electron chi connectivity index (χ0n) is 15.0. The van der Waals surface area contributed by atoms with Crippen molar-refractivity contribution >= 4 is 5.97 Å². The highest BCUT2D eigenvalue weighted by molar-refractivity contribution is 5.69. The van der Waals surface area contributed by atoms with Gasteiger partial charge in [-0.25, -0.2) is 14.1 Å². The highest BCUT2D eigenvalue weighted by Gasteiger charge is 2.29. The second-order valence-electron chi connectivity index (χ2n) is 6.86. The van der Waals surface area contributed by atoms with E-state index in [2.05, 4.69) is 12.0 Å². The normalized spacial score (nSPS) is 20.5. The van der Waals surface area contributed by atoms with Crippen LogP contribution in [-0.2, 0) is 16.1 Å². The first-order valence-corrected chi connectivity index (χ1v) is 8.77. The molecule has 2 aromatic rings. The molecule has 0 aliphatic heterocycles. The van der Waals surface area contributed by atoms with Crippen LogP contribution >= 0.6 is 0 Å². The predicted octanol–water partition coefficient (Wildman–Crippen LogP) is 3.86. The summed E-state index contributed by atoms with van der Waals surface area (Å²) in [6, 6.07) is 4.84. The molecular weight excluding hydrogens is 321 g/mol. The maximum Gasteiger partial charge on any atom is 0.327 e. The largest absolute Gasteiger partial charge is 0.468 e. The van der Waals surface area contributed by atoms with Crippen LogP contribution in [0.25, 0.3) is 11.4 Å². The van der Waals surface area contributed by atoms with Crippen LogP contribution in [0.2, 0.25) is 0 Å². The number of methoxy groups -OCH3 is 1. The van der Waals surface area contributed by atoms with Crippen LogP contribution in [0, 0.1) is 18.7 Å². The molecule has 1 saturated carbocycles. The lowest BCUT2D eigenvalue weighted by Crippen LogP contribution is -2.22. The minimum Gasteiger partial charge on any atom is -0.468 e. The van der Waals surface area contributed by atoms with Crippen LogP contribution in [0.1, 0.15) is 49.9 Å². The van der Waals surface area contributed by atoms with Gasteiger partial charge in [0.2, 0.25) is 0 Å². The molecule has 1 fully saturated rings. The Kier molecular flexibility index (Phi) is 5.16. The number of aromatic nitrogens is 3. The van der Waals surface area contributed by atoms with Gasteiger partial charge in [0.15, 0.2) is 5.82 Å². The predicted molar refractivity (Wildman–Crippen MR) is 92.5 cm³/mol.